The van der Waals surface area contributed by atoms with E-state index < -0.39 is 17.6 Å². The summed E-state index contributed by atoms with van der Waals surface area (Å²) < 4.78 is 45.0. The van der Waals surface area contributed by atoms with Gasteiger partial charge in [0.1, 0.15) is 5.82 Å². The SMILES string of the molecule is CC1C[C@]23C[C@@H](N4CCOCC4)C[C@H]2[C@@H]3/C(=C/C(=N)c2cnc(N)c(C(F)(F)F)c2)N1. The fourth-order valence-corrected chi connectivity index (χ4v) is 6.37. The number of hydrogen-bond acceptors (Lipinski definition) is 6. The van der Waals surface area contributed by atoms with Crippen molar-refractivity contribution in [1.82, 2.24) is 15.2 Å². The van der Waals surface area contributed by atoms with Gasteiger partial charge in [0, 0.05) is 48.5 Å². The predicted molar refractivity (Wildman–Crippen MR) is 111 cm³/mol. The summed E-state index contributed by atoms with van der Waals surface area (Å²) in [6, 6.07) is 1.79. The van der Waals surface area contributed by atoms with Crippen molar-refractivity contribution in [2.24, 2.45) is 17.3 Å². The van der Waals surface area contributed by atoms with Crippen LogP contribution in [0.25, 0.3) is 0 Å². The second kappa shape index (κ2) is 7.20. The zero-order chi connectivity index (χ0) is 22.0. The van der Waals surface area contributed by atoms with E-state index in [1.54, 1.807) is 6.08 Å². The fraction of sp³-hybridized carbons (Fsp3) is 0.636. The van der Waals surface area contributed by atoms with Crippen LogP contribution in [-0.2, 0) is 10.9 Å². The van der Waals surface area contributed by atoms with Crippen LogP contribution < -0.4 is 11.1 Å². The molecule has 0 amide bonds. The minimum Gasteiger partial charge on any atom is -0.386 e. The van der Waals surface area contributed by atoms with E-state index >= 15 is 0 Å². The maximum atomic E-state index is 13.2. The van der Waals surface area contributed by atoms with E-state index in [1.165, 1.54) is 6.20 Å². The zero-order valence-corrected chi connectivity index (χ0v) is 17.5. The number of pyridine rings is 1. The van der Waals surface area contributed by atoms with E-state index in [9.17, 15) is 13.2 Å². The highest BCUT2D eigenvalue weighted by Crippen LogP contribution is 2.74. The molecule has 0 aromatic carbocycles. The van der Waals surface area contributed by atoms with E-state index in [0.29, 0.717) is 17.9 Å². The lowest BCUT2D eigenvalue weighted by molar-refractivity contribution is -0.137. The van der Waals surface area contributed by atoms with E-state index in [1.807, 2.05) is 0 Å². The van der Waals surface area contributed by atoms with E-state index in [0.717, 1.165) is 57.3 Å². The summed E-state index contributed by atoms with van der Waals surface area (Å²) in [5.74, 6) is 0.378. The molecule has 9 heteroatoms. The highest BCUT2D eigenvalue weighted by molar-refractivity contribution is 6.07. The summed E-state index contributed by atoms with van der Waals surface area (Å²) in [5, 5.41) is 11.9. The van der Waals surface area contributed by atoms with Crippen LogP contribution in [0.1, 0.15) is 37.3 Å². The Morgan fingerprint density at radius 3 is 2.81 bits per heavy atom. The van der Waals surface area contributed by atoms with Crippen molar-refractivity contribution in [1.29, 1.82) is 5.41 Å². The number of piperidine rings is 1. The van der Waals surface area contributed by atoms with Crippen LogP contribution in [0, 0.1) is 22.7 Å². The molecule has 0 bridgehead atoms. The quantitative estimate of drug-likeness (QED) is 0.636. The van der Waals surface area contributed by atoms with Gasteiger partial charge in [-0.1, -0.05) is 0 Å². The Bertz CT molecular complexity index is 926. The number of hydrogen-bond donors (Lipinski definition) is 3. The number of anilines is 1. The summed E-state index contributed by atoms with van der Waals surface area (Å²) in [4.78, 5) is 6.23. The van der Waals surface area contributed by atoms with Crippen LogP contribution in [0.2, 0.25) is 0 Å². The molecule has 4 fully saturated rings. The molecule has 3 heterocycles. The maximum Gasteiger partial charge on any atom is 0.419 e. The number of nitrogen functional groups attached to an aromatic ring is 1. The summed E-state index contributed by atoms with van der Waals surface area (Å²) in [6.07, 6.45) is 1.76. The van der Waals surface area contributed by atoms with E-state index in [-0.39, 0.29) is 22.7 Å². The molecule has 1 unspecified atom stereocenters. The van der Waals surface area contributed by atoms with Gasteiger partial charge in [-0.2, -0.15) is 13.2 Å². The van der Waals surface area contributed by atoms with Crippen molar-refractivity contribution in [3.05, 3.63) is 35.2 Å². The molecule has 2 aliphatic carbocycles. The Balaban J connectivity index is 1.35. The van der Waals surface area contributed by atoms with Crippen molar-refractivity contribution in [3.8, 4) is 0 Å². The molecule has 4 N–H and O–H groups in total. The highest BCUT2D eigenvalue weighted by atomic mass is 19.4. The first-order valence-corrected chi connectivity index (χ1v) is 10.9. The number of alkyl halides is 3. The predicted octanol–water partition coefficient (Wildman–Crippen LogP) is 3.04. The van der Waals surface area contributed by atoms with Gasteiger partial charge < -0.3 is 21.2 Å². The molecule has 2 saturated heterocycles. The van der Waals surface area contributed by atoms with Crippen LogP contribution in [0.5, 0.6) is 0 Å². The van der Waals surface area contributed by atoms with Crippen molar-refractivity contribution < 1.29 is 17.9 Å². The number of ether oxygens (including phenoxy) is 1. The molecule has 168 valence electrons. The lowest BCUT2D eigenvalue weighted by Crippen LogP contribution is -2.45. The number of rotatable bonds is 3. The molecule has 1 aromatic rings. The third kappa shape index (κ3) is 3.51. The number of nitrogens with one attached hydrogen (secondary N) is 2. The van der Waals surface area contributed by atoms with Gasteiger partial charge in [-0.3, -0.25) is 4.90 Å². The maximum absolute atomic E-state index is 13.2. The Kier molecular flexibility index (Phi) is 4.82. The number of nitrogens with two attached hydrogens (primary N) is 1. The van der Waals surface area contributed by atoms with Crippen molar-refractivity contribution >= 4 is 11.5 Å². The van der Waals surface area contributed by atoms with Crippen LogP contribution in [-0.4, -0.2) is 54.0 Å². The van der Waals surface area contributed by atoms with Gasteiger partial charge in [-0.25, -0.2) is 4.98 Å². The molecule has 2 saturated carbocycles. The molecule has 5 atom stereocenters. The molecule has 2 aliphatic heterocycles. The Hall–Kier alpha value is -2.13. The number of fused-ring (bicyclic) bond motifs is 1. The first kappa shape index (κ1) is 20.8. The van der Waals surface area contributed by atoms with Gasteiger partial charge in [-0.15, -0.1) is 0 Å². The standard InChI is InChI=1S/C22H28F3N5O/c1-12-9-21-10-14(30-2-4-31-5-3-30)7-15(21)19(21)18(29-12)8-17(26)13-6-16(22(23,24)25)20(27)28-11-13/h6,8,11-12,14-15,19,26,29H,2-5,7,9-10H2,1H3,(H2,27,28)/b18-8-,26-17?/t12?,14-,15-,19+,21-/m0/s1. The average Bonchev–Trinajstić information content (AvgIpc) is 3.18. The van der Waals surface area contributed by atoms with Crippen LogP contribution in [0.4, 0.5) is 19.0 Å². The van der Waals surface area contributed by atoms with Gasteiger partial charge in [0.15, 0.2) is 0 Å². The van der Waals surface area contributed by atoms with Gasteiger partial charge in [0.25, 0.3) is 0 Å². The number of aromatic nitrogens is 1. The van der Waals surface area contributed by atoms with Crippen LogP contribution in [0.15, 0.2) is 24.0 Å². The van der Waals surface area contributed by atoms with Gasteiger partial charge in [0.2, 0.25) is 0 Å². The summed E-state index contributed by atoms with van der Waals surface area (Å²) in [6.45, 7) is 5.73. The number of morpholine rings is 1. The molecule has 1 aromatic heterocycles. The van der Waals surface area contributed by atoms with Crippen molar-refractivity contribution in [2.75, 3.05) is 32.0 Å². The molecular formula is C22H28F3N5O. The fourth-order valence-electron chi connectivity index (χ4n) is 6.37. The van der Waals surface area contributed by atoms with E-state index in [2.05, 4.69) is 22.1 Å². The minimum absolute atomic E-state index is 0.0273. The number of allylic oxidation sites excluding steroid dienone is 2. The summed E-state index contributed by atoms with van der Waals surface area (Å²) in [7, 11) is 0. The van der Waals surface area contributed by atoms with Gasteiger partial charge in [0.05, 0.1) is 24.5 Å². The highest BCUT2D eigenvalue weighted by Gasteiger charge is 2.71. The monoisotopic (exact) mass is 435 g/mol. The lowest BCUT2D eigenvalue weighted by Gasteiger charge is -2.37. The topological polar surface area (TPSA) is 87.3 Å². The average molecular weight is 435 g/mol. The number of halogens is 3. The second-order valence-electron chi connectivity index (χ2n) is 9.48. The summed E-state index contributed by atoms with van der Waals surface area (Å²) >= 11 is 0. The lowest BCUT2D eigenvalue weighted by atomic mass is 9.85. The largest absolute Gasteiger partial charge is 0.419 e. The first-order valence-electron chi connectivity index (χ1n) is 10.9. The van der Waals surface area contributed by atoms with E-state index in [4.69, 9.17) is 15.9 Å². The van der Waals surface area contributed by atoms with Gasteiger partial charge in [-0.05, 0) is 49.7 Å². The minimum atomic E-state index is -4.59. The van der Waals surface area contributed by atoms with Crippen LogP contribution in [0.3, 0.4) is 0 Å². The molecule has 6 nitrogen and oxygen atoms in total. The third-order valence-electron chi connectivity index (χ3n) is 7.62. The Labute approximate surface area is 179 Å². The normalized spacial score (nSPS) is 36.6. The molecule has 31 heavy (non-hydrogen) atoms. The summed E-state index contributed by atoms with van der Waals surface area (Å²) in [5.41, 5.74) is 5.81. The number of nitrogens with zero attached hydrogens (tertiary/aromatic N) is 2. The Morgan fingerprint density at radius 2 is 2.10 bits per heavy atom. The van der Waals surface area contributed by atoms with Gasteiger partial charge >= 0.3 is 6.18 Å². The van der Waals surface area contributed by atoms with Crippen molar-refractivity contribution in [3.63, 3.8) is 0 Å². The van der Waals surface area contributed by atoms with Crippen LogP contribution >= 0.6 is 0 Å². The smallest absolute Gasteiger partial charge is 0.386 e. The Morgan fingerprint density at radius 1 is 1.35 bits per heavy atom. The third-order valence-corrected chi connectivity index (χ3v) is 7.62. The molecule has 4 aliphatic rings. The first-order chi connectivity index (χ1) is 14.7. The molecular weight excluding hydrogens is 407 g/mol. The zero-order valence-electron chi connectivity index (χ0n) is 17.5. The second-order valence-corrected chi connectivity index (χ2v) is 9.48. The molecule has 1 spiro atoms. The molecule has 5 rings (SSSR count). The molecule has 0 radical (unpaired) electrons. The van der Waals surface area contributed by atoms with Crippen molar-refractivity contribution in [2.45, 2.75) is 44.4 Å².